The predicted octanol–water partition coefficient (Wildman–Crippen LogP) is 6.54. The molecule has 0 heterocycles. The number of sulfonamides is 1. The van der Waals surface area contributed by atoms with Crippen molar-refractivity contribution in [3.63, 3.8) is 0 Å². The van der Waals surface area contributed by atoms with Crippen molar-refractivity contribution in [3.05, 3.63) is 94.0 Å². The van der Waals surface area contributed by atoms with E-state index in [-0.39, 0.29) is 11.4 Å². The van der Waals surface area contributed by atoms with Crippen LogP contribution in [-0.4, -0.2) is 43.3 Å². The zero-order valence-corrected chi connectivity index (χ0v) is 25.6. The molecule has 0 unspecified atom stereocenters. The molecular formula is C29H30Cl2F3N3O4S. The van der Waals surface area contributed by atoms with Crippen LogP contribution < -0.4 is 9.62 Å². The number of hydrogen-bond acceptors (Lipinski definition) is 4. The monoisotopic (exact) mass is 643 g/mol. The number of carbonyl (C=O) groups excluding carboxylic acids is 2. The molecule has 3 aromatic carbocycles. The fourth-order valence-corrected chi connectivity index (χ4v) is 5.89. The Morgan fingerprint density at radius 2 is 1.57 bits per heavy atom. The minimum atomic E-state index is -4.89. The van der Waals surface area contributed by atoms with Crippen molar-refractivity contribution in [3.8, 4) is 0 Å². The summed E-state index contributed by atoms with van der Waals surface area (Å²) in [4.78, 5) is 27.9. The molecule has 1 N–H and O–H groups in total. The Balaban J connectivity index is 2.12. The standard InChI is InChI=1S/C29H30Cl2F3N3O4S/c1-19(27(39)35-28(2,3)4)36(17-20-9-8-10-21(30)15-20)26(38)18-37(42(40,41)23-11-6-5-7-12-23)22-13-14-25(31)24(16-22)29(32,33)34/h5-16,19H,17-18H2,1-4H3,(H,35,39)/t19-/m1/s1. The summed E-state index contributed by atoms with van der Waals surface area (Å²) in [7, 11) is -4.56. The first-order chi connectivity index (χ1) is 19.4. The highest BCUT2D eigenvalue weighted by Gasteiger charge is 2.37. The Hall–Kier alpha value is -3.28. The van der Waals surface area contributed by atoms with Crippen LogP contribution in [0.1, 0.15) is 38.8 Å². The number of nitrogens with zero attached hydrogens (tertiary/aromatic N) is 2. The number of carbonyl (C=O) groups is 2. The maximum Gasteiger partial charge on any atom is 0.417 e. The lowest BCUT2D eigenvalue weighted by molar-refractivity contribution is -0.140. The van der Waals surface area contributed by atoms with Gasteiger partial charge in [-0.25, -0.2) is 8.42 Å². The third kappa shape index (κ3) is 8.39. The molecule has 0 bridgehead atoms. The number of anilines is 1. The van der Waals surface area contributed by atoms with Crippen LogP contribution in [0.4, 0.5) is 18.9 Å². The Kier molecular flexibility index (Phi) is 10.2. The van der Waals surface area contributed by atoms with Gasteiger partial charge in [0.1, 0.15) is 12.6 Å². The van der Waals surface area contributed by atoms with Crippen LogP contribution in [0.3, 0.4) is 0 Å². The summed E-state index contributed by atoms with van der Waals surface area (Å²) >= 11 is 11.9. The molecule has 1 atom stereocenters. The summed E-state index contributed by atoms with van der Waals surface area (Å²) in [5.41, 5.74) is -1.79. The fraction of sp³-hybridized carbons (Fsp3) is 0.310. The van der Waals surface area contributed by atoms with Gasteiger partial charge in [-0.05, 0) is 75.7 Å². The number of amides is 2. The summed E-state index contributed by atoms with van der Waals surface area (Å²) in [6, 6.07) is 15.0. The van der Waals surface area contributed by atoms with Gasteiger partial charge in [-0.3, -0.25) is 13.9 Å². The van der Waals surface area contributed by atoms with E-state index in [9.17, 15) is 31.2 Å². The molecular weight excluding hydrogens is 614 g/mol. The Morgan fingerprint density at radius 3 is 2.14 bits per heavy atom. The molecule has 0 aliphatic rings. The molecule has 0 saturated heterocycles. The van der Waals surface area contributed by atoms with Crippen LogP contribution in [0.25, 0.3) is 0 Å². The van der Waals surface area contributed by atoms with E-state index < -0.39 is 62.4 Å². The van der Waals surface area contributed by atoms with Crippen molar-refractivity contribution in [2.45, 2.75) is 56.9 Å². The van der Waals surface area contributed by atoms with Gasteiger partial charge in [0, 0.05) is 17.1 Å². The van der Waals surface area contributed by atoms with Crippen LogP contribution in [0.2, 0.25) is 10.0 Å². The predicted molar refractivity (Wildman–Crippen MR) is 157 cm³/mol. The van der Waals surface area contributed by atoms with Crippen molar-refractivity contribution in [1.29, 1.82) is 0 Å². The average molecular weight is 645 g/mol. The van der Waals surface area contributed by atoms with Gasteiger partial charge in [0.05, 0.1) is 21.2 Å². The van der Waals surface area contributed by atoms with Crippen molar-refractivity contribution < 1.29 is 31.2 Å². The lowest BCUT2D eigenvalue weighted by atomic mass is 10.1. The fourth-order valence-electron chi connectivity index (χ4n) is 4.02. The van der Waals surface area contributed by atoms with E-state index in [1.165, 1.54) is 31.2 Å². The largest absolute Gasteiger partial charge is 0.417 e. The number of nitrogens with one attached hydrogen (secondary N) is 1. The molecule has 0 aliphatic heterocycles. The number of alkyl halides is 3. The van der Waals surface area contributed by atoms with E-state index in [4.69, 9.17) is 23.2 Å². The van der Waals surface area contributed by atoms with E-state index in [1.54, 1.807) is 51.1 Å². The van der Waals surface area contributed by atoms with E-state index in [2.05, 4.69) is 5.32 Å². The van der Waals surface area contributed by atoms with Gasteiger partial charge in [-0.1, -0.05) is 53.5 Å². The van der Waals surface area contributed by atoms with Crippen LogP contribution >= 0.6 is 23.2 Å². The average Bonchev–Trinajstić information content (AvgIpc) is 2.89. The third-order valence-electron chi connectivity index (χ3n) is 6.06. The van der Waals surface area contributed by atoms with Crippen molar-refractivity contribution >= 4 is 50.7 Å². The minimum Gasteiger partial charge on any atom is -0.350 e. The Labute approximate surface area is 253 Å². The van der Waals surface area contributed by atoms with Crippen LogP contribution in [-0.2, 0) is 32.3 Å². The highest BCUT2D eigenvalue weighted by Crippen LogP contribution is 2.38. The van der Waals surface area contributed by atoms with Gasteiger partial charge in [-0.2, -0.15) is 13.2 Å². The molecule has 0 aromatic heterocycles. The van der Waals surface area contributed by atoms with E-state index in [1.807, 2.05) is 0 Å². The molecule has 226 valence electrons. The van der Waals surface area contributed by atoms with Crippen molar-refractivity contribution in [2.24, 2.45) is 0 Å². The number of rotatable bonds is 9. The summed E-state index contributed by atoms with van der Waals surface area (Å²) in [5, 5.41) is 2.53. The number of halogens is 5. The zero-order valence-electron chi connectivity index (χ0n) is 23.2. The highest BCUT2D eigenvalue weighted by molar-refractivity contribution is 7.92. The highest BCUT2D eigenvalue weighted by atomic mass is 35.5. The molecule has 0 spiro atoms. The van der Waals surface area contributed by atoms with Gasteiger partial charge in [0.25, 0.3) is 10.0 Å². The maximum atomic E-state index is 13.9. The van der Waals surface area contributed by atoms with Gasteiger partial charge >= 0.3 is 6.18 Å². The first kappa shape index (κ1) is 33.2. The summed E-state index contributed by atoms with van der Waals surface area (Å²) < 4.78 is 69.3. The Bertz CT molecular complexity index is 1550. The minimum absolute atomic E-state index is 0.133. The molecule has 7 nitrogen and oxygen atoms in total. The summed E-state index contributed by atoms with van der Waals surface area (Å²) in [5.74, 6) is -1.35. The second-order valence-electron chi connectivity index (χ2n) is 10.6. The zero-order chi connectivity index (χ0) is 31.5. The molecule has 2 amide bonds. The first-order valence-electron chi connectivity index (χ1n) is 12.7. The first-order valence-corrected chi connectivity index (χ1v) is 14.9. The van der Waals surface area contributed by atoms with Crippen LogP contribution in [0.15, 0.2) is 77.7 Å². The quantitative estimate of drug-likeness (QED) is 0.287. The van der Waals surface area contributed by atoms with Gasteiger partial charge in [-0.15, -0.1) is 0 Å². The van der Waals surface area contributed by atoms with E-state index in [0.29, 0.717) is 21.0 Å². The molecule has 3 aromatic rings. The smallest absolute Gasteiger partial charge is 0.350 e. The molecule has 0 radical (unpaired) electrons. The maximum absolute atomic E-state index is 13.9. The molecule has 0 saturated carbocycles. The van der Waals surface area contributed by atoms with Gasteiger partial charge < -0.3 is 10.2 Å². The lowest BCUT2D eigenvalue weighted by Gasteiger charge is -2.33. The second-order valence-corrected chi connectivity index (χ2v) is 13.3. The van der Waals surface area contributed by atoms with Crippen LogP contribution in [0.5, 0.6) is 0 Å². The Morgan fingerprint density at radius 1 is 0.929 bits per heavy atom. The van der Waals surface area contributed by atoms with Crippen molar-refractivity contribution in [1.82, 2.24) is 10.2 Å². The lowest BCUT2D eigenvalue weighted by Crippen LogP contribution is -2.54. The molecule has 3 rings (SSSR count). The molecule has 0 fully saturated rings. The van der Waals surface area contributed by atoms with Crippen LogP contribution in [0, 0.1) is 0 Å². The van der Waals surface area contributed by atoms with Gasteiger partial charge in [0.2, 0.25) is 11.8 Å². The number of hydrogen-bond donors (Lipinski definition) is 1. The summed E-state index contributed by atoms with van der Waals surface area (Å²) in [6.45, 7) is 5.70. The SMILES string of the molecule is C[C@H](C(=O)NC(C)(C)C)N(Cc1cccc(Cl)c1)C(=O)CN(c1ccc(Cl)c(C(F)(F)F)c1)S(=O)(=O)c1ccccc1. The third-order valence-corrected chi connectivity index (χ3v) is 8.41. The molecule has 13 heteroatoms. The summed E-state index contributed by atoms with van der Waals surface area (Å²) in [6.07, 6.45) is -4.89. The number of benzene rings is 3. The van der Waals surface area contributed by atoms with Crippen molar-refractivity contribution in [2.75, 3.05) is 10.8 Å². The molecule has 42 heavy (non-hydrogen) atoms. The topological polar surface area (TPSA) is 86.8 Å². The second kappa shape index (κ2) is 12.9. The van der Waals surface area contributed by atoms with E-state index in [0.717, 1.165) is 17.0 Å². The van der Waals surface area contributed by atoms with Gasteiger partial charge in [0.15, 0.2) is 0 Å². The molecule has 0 aliphatic carbocycles. The van der Waals surface area contributed by atoms with E-state index >= 15 is 0 Å². The normalized spacial score (nSPS) is 12.9.